The van der Waals surface area contributed by atoms with Gasteiger partial charge in [-0.2, -0.15) is 0 Å². The van der Waals surface area contributed by atoms with Gasteiger partial charge in [-0.25, -0.2) is 0 Å². The first-order valence-corrected chi connectivity index (χ1v) is 8.94. The van der Waals surface area contributed by atoms with Gasteiger partial charge in [0, 0.05) is 0 Å². The van der Waals surface area contributed by atoms with Crippen LogP contribution in [0.1, 0.15) is 84.5 Å². The molecule has 0 aromatic rings. The Morgan fingerprint density at radius 1 is 0.895 bits per heavy atom. The SMILES string of the molecule is CCCCCCCCCCCC[C@@H](Br)C(=O)OCC. The average molecular weight is 335 g/mol. The van der Waals surface area contributed by atoms with E-state index < -0.39 is 0 Å². The molecular weight excluding hydrogens is 304 g/mol. The maximum atomic E-state index is 11.4. The number of ether oxygens (including phenoxy) is 1. The molecule has 0 bridgehead atoms. The van der Waals surface area contributed by atoms with E-state index in [0.29, 0.717) is 6.61 Å². The van der Waals surface area contributed by atoms with Crippen molar-refractivity contribution in [1.29, 1.82) is 0 Å². The number of hydrogen-bond donors (Lipinski definition) is 0. The molecule has 0 N–H and O–H groups in total. The first-order valence-electron chi connectivity index (χ1n) is 8.03. The number of alkyl halides is 1. The molecule has 0 fully saturated rings. The zero-order valence-corrected chi connectivity index (χ0v) is 14.3. The highest BCUT2D eigenvalue weighted by Crippen LogP contribution is 2.15. The minimum atomic E-state index is -0.113. The van der Waals surface area contributed by atoms with E-state index in [4.69, 9.17) is 4.74 Å². The lowest BCUT2D eigenvalue weighted by atomic mass is 10.1. The summed E-state index contributed by atoms with van der Waals surface area (Å²) < 4.78 is 4.96. The Balaban J connectivity index is 3.20. The third-order valence-electron chi connectivity index (χ3n) is 3.35. The summed E-state index contributed by atoms with van der Waals surface area (Å²) in [5, 5.41) is 0. The van der Waals surface area contributed by atoms with E-state index in [2.05, 4.69) is 22.9 Å². The lowest BCUT2D eigenvalue weighted by Crippen LogP contribution is -2.17. The zero-order chi connectivity index (χ0) is 14.3. The maximum Gasteiger partial charge on any atom is 0.319 e. The van der Waals surface area contributed by atoms with Crippen molar-refractivity contribution < 1.29 is 9.53 Å². The van der Waals surface area contributed by atoms with Crippen LogP contribution in [-0.4, -0.2) is 17.4 Å². The molecule has 0 unspecified atom stereocenters. The third-order valence-corrected chi connectivity index (χ3v) is 4.19. The molecule has 1 atom stereocenters. The van der Waals surface area contributed by atoms with Gasteiger partial charge in [0.05, 0.1) is 6.61 Å². The van der Waals surface area contributed by atoms with Gasteiger partial charge in [-0.1, -0.05) is 87.1 Å². The number of esters is 1. The van der Waals surface area contributed by atoms with E-state index in [0.717, 1.165) is 12.8 Å². The lowest BCUT2D eigenvalue weighted by molar-refractivity contribution is -0.142. The molecule has 0 saturated heterocycles. The minimum absolute atomic E-state index is 0.110. The number of carbonyl (C=O) groups excluding carboxylic acids is 1. The molecule has 0 saturated carbocycles. The topological polar surface area (TPSA) is 26.3 Å². The van der Waals surface area contributed by atoms with Crippen molar-refractivity contribution >= 4 is 21.9 Å². The predicted octanol–water partition coefficient (Wildman–Crippen LogP) is 5.62. The molecule has 0 amide bonds. The van der Waals surface area contributed by atoms with E-state index in [-0.39, 0.29) is 10.8 Å². The van der Waals surface area contributed by atoms with Crippen LogP contribution in [0.15, 0.2) is 0 Å². The van der Waals surface area contributed by atoms with Crippen molar-refractivity contribution in [2.45, 2.75) is 89.3 Å². The Hall–Kier alpha value is -0.0500. The Morgan fingerprint density at radius 2 is 1.37 bits per heavy atom. The lowest BCUT2D eigenvalue weighted by Gasteiger charge is -2.08. The predicted molar refractivity (Wildman–Crippen MR) is 85.8 cm³/mol. The van der Waals surface area contributed by atoms with Crippen molar-refractivity contribution in [3.05, 3.63) is 0 Å². The third kappa shape index (κ3) is 12.7. The van der Waals surface area contributed by atoms with Crippen molar-refractivity contribution in [1.82, 2.24) is 0 Å². The average Bonchev–Trinajstić information content (AvgIpc) is 2.41. The fourth-order valence-corrected chi connectivity index (χ4v) is 2.62. The van der Waals surface area contributed by atoms with Gasteiger partial charge in [0.25, 0.3) is 0 Å². The summed E-state index contributed by atoms with van der Waals surface area (Å²) in [5.74, 6) is -0.113. The van der Waals surface area contributed by atoms with Gasteiger partial charge in [0.15, 0.2) is 0 Å². The Bertz CT molecular complexity index is 207. The molecule has 0 aliphatic rings. The molecule has 19 heavy (non-hydrogen) atoms. The number of rotatable bonds is 13. The number of carbonyl (C=O) groups is 1. The van der Waals surface area contributed by atoms with Crippen LogP contribution < -0.4 is 0 Å². The number of hydrogen-bond acceptors (Lipinski definition) is 2. The van der Waals surface area contributed by atoms with E-state index in [1.54, 1.807) is 0 Å². The quantitative estimate of drug-likeness (QED) is 0.248. The summed E-state index contributed by atoms with van der Waals surface area (Å²) in [7, 11) is 0. The maximum absolute atomic E-state index is 11.4. The van der Waals surface area contributed by atoms with Crippen molar-refractivity contribution in [2.24, 2.45) is 0 Å². The van der Waals surface area contributed by atoms with E-state index in [9.17, 15) is 4.79 Å². The fourth-order valence-electron chi connectivity index (χ4n) is 2.16. The van der Waals surface area contributed by atoms with E-state index in [1.165, 1.54) is 57.8 Å². The molecule has 0 spiro atoms. The first kappa shape index (κ1) is 18.9. The highest BCUT2D eigenvalue weighted by Gasteiger charge is 2.14. The molecule has 114 valence electrons. The molecule has 0 rings (SSSR count). The van der Waals surface area contributed by atoms with Crippen LogP contribution in [0.5, 0.6) is 0 Å². The Kier molecular flexibility index (Phi) is 14.3. The molecule has 0 aromatic carbocycles. The standard InChI is InChI=1S/C16H31BrO2/c1-3-5-6-7-8-9-10-11-12-13-14-15(17)16(18)19-4-2/h15H,3-14H2,1-2H3/t15-/m1/s1. The number of unbranched alkanes of at least 4 members (excludes halogenated alkanes) is 9. The summed E-state index contributed by atoms with van der Waals surface area (Å²) >= 11 is 3.39. The second kappa shape index (κ2) is 14.4. The monoisotopic (exact) mass is 334 g/mol. The minimum Gasteiger partial charge on any atom is -0.465 e. The van der Waals surface area contributed by atoms with Gasteiger partial charge in [-0.15, -0.1) is 0 Å². The van der Waals surface area contributed by atoms with Gasteiger partial charge in [-0.05, 0) is 13.3 Å². The van der Waals surface area contributed by atoms with Gasteiger partial charge < -0.3 is 4.74 Å². The van der Waals surface area contributed by atoms with E-state index in [1.807, 2.05) is 6.92 Å². The van der Waals surface area contributed by atoms with Crippen LogP contribution in [0.4, 0.5) is 0 Å². The van der Waals surface area contributed by atoms with Crippen LogP contribution in [0.2, 0.25) is 0 Å². The summed E-state index contributed by atoms with van der Waals surface area (Å²) in [6, 6.07) is 0. The molecule has 0 aliphatic carbocycles. The Morgan fingerprint density at radius 3 is 1.84 bits per heavy atom. The molecule has 0 heterocycles. The highest BCUT2D eigenvalue weighted by atomic mass is 79.9. The molecular formula is C16H31BrO2. The van der Waals surface area contributed by atoms with Crippen LogP contribution in [0.3, 0.4) is 0 Å². The highest BCUT2D eigenvalue weighted by molar-refractivity contribution is 9.10. The summed E-state index contributed by atoms with van der Waals surface area (Å²) in [6.45, 7) is 4.57. The van der Waals surface area contributed by atoms with Crippen LogP contribution >= 0.6 is 15.9 Å². The normalized spacial score (nSPS) is 12.4. The van der Waals surface area contributed by atoms with Crippen molar-refractivity contribution in [3.8, 4) is 0 Å². The van der Waals surface area contributed by atoms with Crippen molar-refractivity contribution in [2.75, 3.05) is 6.61 Å². The molecule has 0 radical (unpaired) electrons. The van der Waals surface area contributed by atoms with Gasteiger partial charge >= 0.3 is 5.97 Å². The smallest absolute Gasteiger partial charge is 0.319 e. The van der Waals surface area contributed by atoms with Crippen LogP contribution in [-0.2, 0) is 9.53 Å². The van der Waals surface area contributed by atoms with Crippen molar-refractivity contribution in [3.63, 3.8) is 0 Å². The number of halogens is 1. The summed E-state index contributed by atoms with van der Waals surface area (Å²) in [4.78, 5) is 11.3. The molecule has 2 nitrogen and oxygen atoms in total. The van der Waals surface area contributed by atoms with E-state index >= 15 is 0 Å². The summed E-state index contributed by atoms with van der Waals surface area (Å²) in [5.41, 5.74) is 0. The molecule has 0 aliphatic heterocycles. The van der Waals surface area contributed by atoms with Gasteiger partial charge in [0.1, 0.15) is 4.83 Å². The van der Waals surface area contributed by atoms with Gasteiger partial charge in [0.2, 0.25) is 0 Å². The Labute approximate surface area is 127 Å². The second-order valence-electron chi connectivity index (χ2n) is 5.19. The largest absolute Gasteiger partial charge is 0.465 e. The fraction of sp³-hybridized carbons (Fsp3) is 0.938. The second-order valence-corrected chi connectivity index (χ2v) is 6.30. The van der Waals surface area contributed by atoms with Crippen LogP contribution in [0.25, 0.3) is 0 Å². The summed E-state index contributed by atoms with van der Waals surface area (Å²) in [6.07, 6.45) is 14.2. The van der Waals surface area contributed by atoms with Crippen LogP contribution in [0, 0.1) is 0 Å². The van der Waals surface area contributed by atoms with Gasteiger partial charge in [-0.3, -0.25) is 4.79 Å². The first-order chi connectivity index (χ1) is 9.22. The molecule has 0 aromatic heterocycles. The zero-order valence-electron chi connectivity index (χ0n) is 12.8. The molecule has 3 heteroatoms.